The standard InChI is InChI=1S/C14H24N2O2.2C2H6/c1-11(12-6-5-7-13(17)10-12)16-9-4-2-3-8-14(15)18;2*1-2/h10,13,16-17H,1-9H2,(H2,15,18);2*1-2H3. The molecule has 0 aromatic heterocycles. The van der Waals surface area contributed by atoms with Gasteiger partial charge in [-0.1, -0.05) is 46.8 Å². The van der Waals surface area contributed by atoms with E-state index in [0.717, 1.165) is 56.3 Å². The van der Waals surface area contributed by atoms with E-state index >= 15 is 0 Å². The van der Waals surface area contributed by atoms with Crippen molar-refractivity contribution < 1.29 is 9.90 Å². The molecule has 130 valence electrons. The molecule has 1 unspecified atom stereocenters. The summed E-state index contributed by atoms with van der Waals surface area (Å²) in [5.74, 6) is -0.228. The second-order valence-corrected chi connectivity index (χ2v) is 4.83. The van der Waals surface area contributed by atoms with Crippen molar-refractivity contribution in [3.63, 3.8) is 0 Å². The summed E-state index contributed by atoms with van der Waals surface area (Å²) in [7, 11) is 0. The van der Waals surface area contributed by atoms with E-state index in [1.165, 1.54) is 0 Å². The number of unbranched alkanes of at least 4 members (excludes halogenated alkanes) is 2. The molecule has 0 heterocycles. The molecule has 0 bridgehead atoms. The summed E-state index contributed by atoms with van der Waals surface area (Å²) < 4.78 is 0. The zero-order valence-electron chi connectivity index (χ0n) is 15.0. The second kappa shape index (κ2) is 16.1. The third kappa shape index (κ3) is 12.5. The Bertz CT molecular complexity index is 325. The number of amides is 1. The van der Waals surface area contributed by atoms with Crippen LogP contribution in [0.2, 0.25) is 0 Å². The molecule has 0 fully saturated rings. The molecule has 0 aromatic rings. The predicted molar refractivity (Wildman–Crippen MR) is 95.4 cm³/mol. The van der Waals surface area contributed by atoms with Crippen molar-refractivity contribution in [1.82, 2.24) is 5.32 Å². The van der Waals surface area contributed by atoms with Crippen molar-refractivity contribution >= 4 is 5.91 Å². The molecule has 0 saturated carbocycles. The van der Waals surface area contributed by atoms with Gasteiger partial charge in [0.1, 0.15) is 0 Å². The maximum atomic E-state index is 10.5. The van der Waals surface area contributed by atoms with Crippen molar-refractivity contribution in [2.45, 2.75) is 78.7 Å². The van der Waals surface area contributed by atoms with E-state index in [0.29, 0.717) is 6.42 Å². The third-order valence-corrected chi connectivity index (χ3v) is 3.17. The largest absolute Gasteiger partial charge is 0.389 e. The number of carbonyl (C=O) groups excluding carboxylic acids is 1. The first-order chi connectivity index (χ1) is 10.6. The Balaban J connectivity index is 0. The molecule has 1 aliphatic carbocycles. The molecule has 1 amide bonds. The number of rotatable bonds is 8. The van der Waals surface area contributed by atoms with E-state index in [4.69, 9.17) is 5.73 Å². The quantitative estimate of drug-likeness (QED) is 0.599. The van der Waals surface area contributed by atoms with Crippen LogP contribution >= 0.6 is 0 Å². The van der Waals surface area contributed by atoms with Gasteiger partial charge in [0.15, 0.2) is 0 Å². The van der Waals surface area contributed by atoms with Gasteiger partial charge in [-0.3, -0.25) is 4.79 Å². The maximum Gasteiger partial charge on any atom is 0.217 e. The molecule has 4 N–H and O–H groups in total. The highest BCUT2D eigenvalue weighted by Gasteiger charge is 2.12. The zero-order chi connectivity index (χ0) is 17.4. The van der Waals surface area contributed by atoms with Crippen LogP contribution in [-0.4, -0.2) is 23.7 Å². The Hall–Kier alpha value is -1.29. The molecule has 4 nitrogen and oxygen atoms in total. The highest BCUT2D eigenvalue weighted by molar-refractivity contribution is 5.73. The van der Waals surface area contributed by atoms with Crippen LogP contribution in [0, 0.1) is 0 Å². The number of aliphatic hydroxyl groups excluding tert-OH is 1. The lowest BCUT2D eigenvalue weighted by atomic mass is 9.95. The van der Waals surface area contributed by atoms with E-state index in [9.17, 15) is 9.90 Å². The molecule has 0 spiro atoms. The van der Waals surface area contributed by atoms with Gasteiger partial charge < -0.3 is 16.2 Å². The summed E-state index contributed by atoms with van der Waals surface area (Å²) in [5, 5.41) is 12.8. The molecule has 0 radical (unpaired) electrons. The third-order valence-electron chi connectivity index (χ3n) is 3.17. The van der Waals surface area contributed by atoms with Crippen molar-refractivity contribution in [2.75, 3.05) is 6.54 Å². The first-order valence-electron chi connectivity index (χ1n) is 8.70. The SMILES string of the molecule is C=C(NCCCCCC(N)=O)C1=CC(O)CCC1.CC.CC. The molecular formula is C18H36N2O2. The van der Waals surface area contributed by atoms with Crippen LogP contribution in [0.4, 0.5) is 0 Å². The molecule has 0 aromatic carbocycles. The van der Waals surface area contributed by atoms with Crippen LogP contribution in [0.1, 0.15) is 72.6 Å². The Labute approximate surface area is 136 Å². The van der Waals surface area contributed by atoms with Crippen molar-refractivity contribution in [2.24, 2.45) is 5.73 Å². The zero-order valence-corrected chi connectivity index (χ0v) is 15.0. The minimum Gasteiger partial charge on any atom is -0.389 e. The summed E-state index contributed by atoms with van der Waals surface area (Å²) in [6, 6.07) is 0. The number of nitrogens with one attached hydrogen (secondary N) is 1. The normalized spacial score (nSPS) is 16.2. The number of hydrogen-bond acceptors (Lipinski definition) is 3. The topological polar surface area (TPSA) is 75.3 Å². The van der Waals surface area contributed by atoms with E-state index in [1.54, 1.807) is 0 Å². The van der Waals surface area contributed by atoms with Crippen molar-refractivity contribution in [3.8, 4) is 0 Å². The van der Waals surface area contributed by atoms with Crippen LogP contribution in [0.15, 0.2) is 23.9 Å². The van der Waals surface area contributed by atoms with Gasteiger partial charge in [0.2, 0.25) is 5.91 Å². The van der Waals surface area contributed by atoms with E-state index in [2.05, 4.69) is 11.9 Å². The summed E-state index contributed by atoms with van der Waals surface area (Å²) in [6.07, 6.45) is 7.76. The van der Waals surface area contributed by atoms with Gasteiger partial charge in [-0.15, -0.1) is 0 Å². The van der Waals surface area contributed by atoms with Gasteiger partial charge in [-0.25, -0.2) is 0 Å². The van der Waals surface area contributed by atoms with Crippen LogP contribution in [0.5, 0.6) is 0 Å². The average Bonchev–Trinajstić information content (AvgIpc) is 2.54. The molecule has 0 aliphatic heterocycles. The van der Waals surface area contributed by atoms with Gasteiger partial charge in [-0.05, 0) is 37.7 Å². The number of hydrogen-bond donors (Lipinski definition) is 3. The fraction of sp³-hybridized carbons (Fsp3) is 0.722. The van der Waals surface area contributed by atoms with Gasteiger partial charge in [-0.2, -0.15) is 0 Å². The van der Waals surface area contributed by atoms with Crippen molar-refractivity contribution in [1.29, 1.82) is 0 Å². The summed E-state index contributed by atoms with van der Waals surface area (Å²) in [5.41, 5.74) is 7.12. The lowest BCUT2D eigenvalue weighted by Crippen LogP contribution is -2.19. The Kier molecular flexibility index (Phi) is 16.8. The lowest BCUT2D eigenvalue weighted by molar-refractivity contribution is -0.118. The monoisotopic (exact) mass is 312 g/mol. The molecule has 4 heteroatoms. The minimum atomic E-state index is -0.317. The molecule has 22 heavy (non-hydrogen) atoms. The number of allylic oxidation sites excluding steroid dienone is 1. The smallest absolute Gasteiger partial charge is 0.217 e. The maximum absolute atomic E-state index is 10.5. The Morgan fingerprint density at radius 2 is 1.95 bits per heavy atom. The fourth-order valence-corrected chi connectivity index (χ4v) is 2.11. The van der Waals surface area contributed by atoms with E-state index < -0.39 is 0 Å². The van der Waals surface area contributed by atoms with Crippen LogP contribution in [0.3, 0.4) is 0 Å². The summed E-state index contributed by atoms with van der Waals surface area (Å²) >= 11 is 0. The highest BCUT2D eigenvalue weighted by atomic mass is 16.3. The average molecular weight is 312 g/mol. The predicted octanol–water partition coefficient (Wildman–Crippen LogP) is 3.66. The summed E-state index contributed by atoms with van der Waals surface area (Å²) in [6.45, 7) is 12.8. The van der Waals surface area contributed by atoms with Gasteiger partial charge in [0.25, 0.3) is 0 Å². The molecule has 1 rings (SSSR count). The Morgan fingerprint density at radius 1 is 1.32 bits per heavy atom. The molecule has 1 atom stereocenters. The number of nitrogens with two attached hydrogens (primary N) is 1. The molecule has 0 saturated heterocycles. The number of primary amides is 1. The van der Waals surface area contributed by atoms with Crippen LogP contribution < -0.4 is 11.1 Å². The first kappa shape index (κ1) is 23.0. The number of aliphatic hydroxyl groups is 1. The summed E-state index contributed by atoms with van der Waals surface area (Å²) in [4.78, 5) is 10.5. The highest BCUT2D eigenvalue weighted by Crippen LogP contribution is 2.21. The van der Waals surface area contributed by atoms with E-state index in [-0.39, 0.29) is 12.0 Å². The van der Waals surface area contributed by atoms with Crippen LogP contribution in [-0.2, 0) is 4.79 Å². The van der Waals surface area contributed by atoms with Crippen molar-refractivity contribution in [3.05, 3.63) is 23.9 Å². The minimum absolute atomic E-state index is 0.228. The Morgan fingerprint density at radius 3 is 2.50 bits per heavy atom. The first-order valence-corrected chi connectivity index (χ1v) is 8.70. The van der Waals surface area contributed by atoms with Crippen LogP contribution in [0.25, 0.3) is 0 Å². The van der Waals surface area contributed by atoms with Gasteiger partial charge in [0, 0.05) is 18.7 Å². The van der Waals surface area contributed by atoms with Gasteiger partial charge in [0.05, 0.1) is 6.10 Å². The molecule has 1 aliphatic rings. The molecular weight excluding hydrogens is 276 g/mol. The van der Waals surface area contributed by atoms with E-state index in [1.807, 2.05) is 33.8 Å². The second-order valence-electron chi connectivity index (χ2n) is 4.83. The number of carbonyl (C=O) groups is 1. The fourth-order valence-electron chi connectivity index (χ4n) is 2.11. The lowest BCUT2D eigenvalue weighted by Gasteiger charge is -2.19. The van der Waals surface area contributed by atoms with Gasteiger partial charge >= 0.3 is 0 Å².